The number of aryl methyl sites for hydroxylation is 1. The lowest BCUT2D eigenvalue weighted by Crippen LogP contribution is -2.30. The maximum Gasteiger partial charge on any atom is 0.00250 e. The Morgan fingerprint density at radius 3 is 2.44 bits per heavy atom. The largest absolute Gasteiger partial charge is 0.314 e. The lowest BCUT2D eigenvalue weighted by Gasteiger charge is -2.26. The summed E-state index contributed by atoms with van der Waals surface area (Å²) in [6, 6.07) is 9.56. The standard InChI is InChI=1S/C17H29N/c1-6-8-15(5)17(12-18-13(2)3)16-10-7-9-14(4)11-16/h7,9-11,13,15,17-18H,6,8,12H2,1-5H3. The van der Waals surface area contributed by atoms with Gasteiger partial charge in [0.25, 0.3) is 0 Å². The van der Waals surface area contributed by atoms with Crippen LogP contribution < -0.4 is 5.32 Å². The van der Waals surface area contributed by atoms with Crippen LogP contribution in [0.25, 0.3) is 0 Å². The van der Waals surface area contributed by atoms with Gasteiger partial charge in [-0.15, -0.1) is 0 Å². The van der Waals surface area contributed by atoms with Crippen LogP contribution in [0.15, 0.2) is 24.3 Å². The summed E-state index contributed by atoms with van der Waals surface area (Å²) in [4.78, 5) is 0. The second kappa shape index (κ2) is 7.58. The molecule has 0 saturated carbocycles. The Kier molecular flexibility index (Phi) is 6.42. The molecule has 0 aliphatic carbocycles. The second-order valence-corrected chi connectivity index (χ2v) is 5.85. The first-order valence-electron chi connectivity index (χ1n) is 7.34. The average Bonchev–Trinajstić information content (AvgIpc) is 2.29. The first kappa shape index (κ1) is 15.2. The summed E-state index contributed by atoms with van der Waals surface area (Å²) < 4.78 is 0. The van der Waals surface area contributed by atoms with E-state index in [0.717, 1.165) is 12.5 Å². The maximum absolute atomic E-state index is 3.60. The molecular formula is C17H29N. The molecule has 1 aromatic carbocycles. The summed E-state index contributed by atoms with van der Waals surface area (Å²) in [6.45, 7) is 12.4. The molecule has 2 atom stereocenters. The first-order valence-corrected chi connectivity index (χ1v) is 7.34. The van der Waals surface area contributed by atoms with Crippen molar-refractivity contribution < 1.29 is 0 Å². The molecule has 1 N–H and O–H groups in total. The van der Waals surface area contributed by atoms with E-state index < -0.39 is 0 Å². The Morgan fingerprint density at radius 1 is 1.17 bits per heavy atom. The quantitative estimate of drug-likeness (QED) is 0.747. The van der Waals surface area contributed by atoms with Crippen LogP contribution in [0.4, 0.5) is 0 Å². The molecule has 1 aromatic rings. The van der Waals surface area contributed by atoms with Gasteiger partial charge in [0.1, 0.15) is 0 Å². The minimum absolute atomic E-state index is 0.561. The van der Waals surface area contributed by atoms with Gasteiger partial charge in [0, 0.05) is 12.6 Å². The summed E-state index contributed by atoms with van der Waals surface area (Å²) in [6.07, 6.45) is 2.57. The van der Waals surface area contributed by atoms with E-state index in [0.29, 0.717) is 12.0 Å². The summed E-state index contributed by atoms with van der Waals surface area (Å²) in [7, 11) is 0. The Balaban J connectivity index is 2.81. The Bertz CT molecular complexity index is 343. The van der Waals surface area contributed by atoms with Crippen molar-refractivity contribution in [3.63, 3.8) is 0 Å². The highest BCUT2D eigenvalue weighted by Crippen LogP contribution is 2.28. The molecule has 1 heteroatoms. The van der Waals surface area contributed by atoms with Crippen LogP contribution in [-0.4, -0.2) is 12.6 Å². The molecule has 0 aliphatic heterocycles. The van der Waals surface area contributed by atoms with Crippen molar-refractivity contribution in [3.05, 3.63) is 35.4 Å². The molecule has 1 rings (SSSR count). The van der Waals surface area contributed by atoms with Gasteiger partial charge in [-0.05, 0) is 24.3 Å². The predicted octanol–water partition coefficient (Wildman–Crippen LogP) is 4.51. The van der Waals surface area contributed by atoms with Crippen LogP contribution in [0.3, 0.4) is 0 Å². The molecular weight excluding hydrogens is 218 g/mol. The van der Waals surface area contributed by atoms with E-state index >= 15 is 0 Å². The third-order valence-electron chi connectivity index (χ3n) is 3.65. The molecule has 0 bridgehead atoms. The molecule has 102 valence electrons. The number of rotatable bonds is 7. The van der Waals surface area contributed by atoms with Crippen LogP contribution in [0.1, 0.15) is 57.6 Å². The van der Waals surface area contributed by atoms with Crippen molar-refractivity contribution in [1.29, 1.82) is 0 Å². The van der Waals surface area contributed by atoms with Gasteiger partial charge in [-0.3, -0.25) is 0 Å². The highest BCUT2D eigenvalue weighted by Gasteiger charge is 2.18. The van der Waals surface area contributed by atoms with Gasteiger partial charge in [-0.1, -0.05) is 70.4 Å². The Hall–Kier alpha value is -0.820. The van der Waals surface area contributed by atoms with Crippen molar-refractivity contribution in [2.45, 2.75) is 59.4 Å². The van der Waals surface area contributed by atoms with Crippen LogP contribution in [-0.2, 0) is 0 Å². The molecule has 0 saturated heterocycles. The molecule has 18 heavy (non-hydrogen) atoms. The summed E-state index contributed by atoms with van der Waals surface area (Å²) in [5.74, 6) is 1.37. The zero-order chi connectivity index (χ0) is 13.5. The molecule has 2 unspecified atom stereocenters. The van der Waals surface area contributed by atoms with Crippen molar-refractivity contribution in [3.8, 4) is 0 Å². The molecule has 0 fully saturated rings. The van der Waals surface area contributed by atoms with Gasteiger partial charge in [0.2, 0.25) is 0 Å². The van der Waals surface area contributed by atoms with E-state index in [1.54, 1.807) is 0 Å². The van der Waals surface area contributed by atoms with Crippen LogP contribution >= 0.6 is 0 Å². The third-order valence-corrected chi connectivity index (χ3v) is 3.65. The first-order chi connectivity index (χ1) is 8.54. The topological polar surface area (TPSA) is 12.0 Å². The third kappa shape index (κ3) is 4.81. The van der Waals surface area contributed by atoms with Crippen molar-refractivity contribution in [2.24, 2.45) is 5.92 Å². The van der Waals surface area contributed by atoms with Crippen molar-refractivity contribution in [1.82, 2.24) is 5.32 Å². The normalized spacial score (nSPS) is 14.8. The maximum atomic E-state index is 3.60. The number of nitrogens with one attached hydrogen (secondary N) is 1. The summed E-state index contributed by atoms with van der Waals surface area (Å²) in [5.41, 5.74) is 2.86. The van der Waals surface area contributed by atoms with Crippen LogP contribution in [0, 0.1) is 12.8 Å². The fourth-order valence-electron chi connectivity index (χ4n) is 2.57. The zero-order valence-corrected chi connectivity index (χ0v) is 12.7. The number of benzene rings is 1. The van der Waals surface area contributed by atoms with Gasteiger partial charge >= 0.3 is 0 Å². The molecule has 0 aliphatic rings. The lowest BCUT2D eigenvalue weighted by molar-refractivity contribution is 0.392. The smallest absolute Gasteiger partial charge is 0.00250 e. The highest BCUT2D eigenvalue weighted by molar-refractivity contribution is 5.26. The zero-order valence-electron chi connectivity index (χ0n) is 12.7. The van der Waals surface area contributed by atoms with E-state index in [1.165, 1.54) is 24.0 Å². The minimum Gasteiger partial charge on any atom is -0.314 e. The van der Waals surface area contributed by atoms with Gasteiger partial charge < -0.3 is 5.32 Å². The number of hydrogen-bond acceptors (Lipinski definition) is 1. The number of hydrogen-bond donors (Lipinski definition) is 1. The predicted molar refractivity (Wildman–Crippen MR) is 81.1 cm³/mol. The van der Waals surface area contributed by atoms with Gasteiger partial charge in [0.15, 0.2) is 0 Å². The SMILES string of the molecule is CCCC(C)C(CNC(C)C)c1cccc(C)c1. The van der Waals surface area contributed by atoms with E-state index in [-0.39, 0.29) is 0 Å². The fourth-order valence-corrected chi connectivity index (χ4v) is 2.57. The van der Waals surface area contributed by atoms with Crippen LogP contribution in [0.2, 0.25) is 0 Å². The average molecular weight is 247 g/mol. The van der Waals surface area contributed by atoms with Crippen LogP contribution in [0.5, 0.6) is 0 Å². The van der Waals surface area contributed by atoms with E-state index in [1.807, 2.05) is 0 Å². The van der Waals surface area contributed by atoms with Crippen molar-refractivity contribution in [2.75, 3.05) is 6.54 Å². The molecule has 0 aromatic heterocycles. The molecule has 0 radical (unpaired) electrons. The summed E-state index contributed by atoms with van der Waals surface area (Å²) in [5, 5.41) is 3.60. The molecule has 0 amide bonds. The van der Waals surface area contributed by atoms with Gasteiger partial charge in [0.05, 0.1) is 0 Å². The lowest BCUT2D eigenvalue weighted by atomic mass is 9.84. The van der Waals surface area contributed by atoms with Gasteiger partial charge in [-0.25, -0.2) is 0 Å². The van der Waals surface area contributed by atoms with Crippen molar-refractivity contribution >= 4 is 0 Å². The van der Waals surface area contributed by atoms with E-state index in [2.05, 4.69) is 64.2 Å². The van der Waals surface area contributed by atoms with Gasteiger partial charge in [-0.2, -0.15) is 0 Å². The molecule has 0 heterocycles. The fraction of sp³-hybridized carbons (Fsp3) is 0.647. The molecule has 1 nitrogen and oxygen atoms in total. The molecule has 0 spiro atoms. The summed E-state index contributed by atoms with van der Waals surface area (Å²) >= 11 is 0. The second-order valence-electron chi connectivity index (χ2n) is 5.85. The monoisotopic (exact) mass is 247 g/mol. The van der Waals surface area contributed by atoms with E-state index in [4.69, 9.17) is 0 Å². The highest BCUT2D eigenvalue weighted by atomic mass is 14.9. The van der Waals surface area contributed by atoms with E-state index in [9.17, 15) is 0 Å². The minimum atomic E-state index is 0.561. The Labute approximate surface area is 113 Å². The Morgan fingerprint density at radius 2 is 1.89 bits per heavy atom.